The van der Waals surface area contributed by atoms with Gasteiger partial charge >= 0.3 is 0 Å². The molecule has 44 heavy (non-hydrogen) atoms. The van der Waals surface area contributed by atoms with Gasteiger partial charge < -0.3 is 18.6 Å². The number of para-hydroxylation sites is 6. The van der Waals surface area contributed by atoms with Crippen molar-refractivity contribution < 1.29 is 9.47 Å². The molecule has 0 bridgehead atoms. The molecule has 6 heteroatoms. The van der Waals surface area contributed by atoms with Crippen LogP contribution in [0.5, 0.6) is 11.5 Å². The second-order valence-electron chi connectivity index (χ2n) is 11.9. The van der Waals surface area contributed by atoms with Crippen molar-refractivity contribution >= 4 is 22.1 Å². The van der Waals surface area contributed by atoms with Gasteiger partial charge in [0.05, 0.1) is 22.1 Å². The summed E-state index contributed by atoms with van der Waals surface area (Å²) in [6.45, 7) is 7.22. The number of nitrogens with zero attached hydrogens (tertiary/aromatic N) is 4. The average Bonchev–Trinajstić information content (AvgIpc) is 3.60. The summed E-state index contributed by atoms with van der Waals surface area (Å²) >= 11 is 0. The van der Waals surface area contributed by atoms with Crippen molar-refractivity contribution in [3.05, 3.63) is 84.4 Å². The van der Waals surface area contributed by atoms with E-state index in [9.17, 15) is 0 Å². The maximum absolute atomic E-state index is 6.41. The van der Waals surface area contributed by atoms with Gasteiger partial charge in [0.15, 0.2) is 11.5 Å². The predicted octanol–water partition coefficient (Wildman–Crippen LogP) is 10.3. The third-order valence-electron chi connectivity index (χ3n) is 8.50. The largest absolute Gasteiger partial charge is 0.482 e. The molecule has 234 valence electrons. The molecule has 0 amide bonds. The zero-order valence-electron chi connectivity index (χ0n) is 26.8. The van der Waals surface area contributed by atoms with Crippen LogP contribution in [-0.4, -0.2) is 19.1 Å². The second-order valence-corrected chi connectivity index (χ2v) is 11.9. The van der Waals surface area contributed by atoms with Crippen molar-refractivity contribution in [2.75, 3.05) is 0 Å². The van der Waals surface area contributed by atoms with E-state index in [0.717, 1.165) is 60.1 Å². The van der Waals surface area contributed by atoms with Crippen molar-refractivity contribution in [1.29, 1.82) is 0 Å². The molecule has 0 fully saturated rings. The van der Waals surface area contributed by atoms with Crippen LogP contribution in [0, 0.1) is 0 Å². The number of aryl methyl sites for hydroxylation is 2. The Morgan fingerprint density at radius 3 is 1.32 bits per heavy atom. The minimum atomic E-state index is 0.390. The van der Waals surface area contributed by atoms with E-state index in [1.807, 2.05) is 24.3 Å². The van der Waals surface area contributed by atoms with E-state index in [4.69, 9.17) is 19.4 Å². The van der Waals surface area contributed by atoms with E-state index in [1.165, 1.54) is 75.2 Å². The molecule has 0 spiro atoms. The van der Waals surface area contributed by atoms with Gasteiger partial charge in [0, 0.05) is 13.1 Å². The lowest BCUT2D eigenvalue weighted by molar-refractivity contribution is 0.242. The van der Waals surface area contributed by atoms with E-state index < -0.39 is 0 Å². The summed E-state index contributed by atoms with van der Waals surface area (Å²) in [6.07, 6.45) is 15.2. The lowest BCUT2D eigenvalue weighted by Crippen LogP contribution is -2.10. The molecule has 6 nitrogen and oxygen atoms in total. The van der Waals surface area contributed by atoms with Crippen molar-refractivity contribution in [2.45, 2.75) is 117 Å². The molecular weight excluding hydrogens is 544 g/mol. The fraction of sp³-hybridized carbons (Fsp3) is 0.474. The first-order chi connectivity index (χ1) is 21.8. The molecule has 3 aromatic carbocycles. The molecule has 0 saturated heterocycles. The predicted molar refractivity (Wildman–Crippen MR) is 181 cm³/mol. The van der Waals surface area contributed by atoms with Crippen molar-refractivity contribution in [2.24, 2.45) is 0 Å². The number of benzene rings is 3. The third-order valence-corrected chi connectivity index (χ3v) is 8.50. The SMILES string of the molecule is CCCCCCCCn1c(COc2ccccc2OCc2nc3ccccc3n2CCCCCCCC)nc2ccccc21. The lowest BCUT2D eigenvalue weighted by atomic mass is 10.1. The first kappa shape index (κ1) is 31.6. The number of fused-ring (bicyclic) bond motifs is 2. The molecule has 0 aliphatic heterocycles. The van der Waals surface area contributed by atoms with Crippen LogP contribution in [0.2, 0.25) is 0 Å². The van der Waals surface area contributed by atoms with Crippen molar-refractivity contribution in [3.63, 3.8) is 0 Å². The third kappa shape index (κ3) is 8.43. The molecule has 0 saturated carbocycles. The Morgan fingerprint density at radius 2 is 0.864 bits per heavy atom. The van der Waals surface area contributed by atoms with Crippen LogP contribution in [0.4, 0.5) is 0 Å². The number of aromatic nitrogens is 4. The van der Waals surface area contributed by atoms with Crippen molar-refractivity contribution in [1.82, 2.24) is 19.1 Å². The molecule has 0 aliphatic rings. The summed E-state index contributed by atoms with van der Waals surface area (Å²) in [6, 6.07) is 24.8. The zero-order chi connectivity index (χ0) is 30.4. The number of ether oxygens (including phenoxy) is 2. The van der Waals surface area contributed by atoms with E-state index in [0.29, 0.717) is 13.2 Å². The van der Waals surface area contributed by atoms with E-state index in [-0.39, 0.29) is 0 Å². The molecule has 5 aromatic rings. The number of imidazole rings is 2. The van der Waals surface area contributed by atoms with Crippen LogP contribution in [-0.2, 0) is 26.3 Å². The Bertz CT molecular complexity index is 1450. The Kier molecular flexibility index (Phi) is 12.1. The molecule has 0 radical (unpaired) electrons. The smallest absolute Gasteiger partial charge is 0.161 e. The maximum Gasteiger partial charge on any atom is 0.161 e. The normalized spacial score (nSPS) is 11.5. The zero-order valence-corrected chi connectivity index (χ0v) is 26.8. The van der Waals surface area contributed by atoms with Crippen LogP contribution in [0.1, 0.15) is 103 Å². The molecule has 0 unspecified atom stereocenters. The summed E-state index contributed by atoms with van der Waals surface area (Å²) < 4.78 is 17.5. The standard InChI is InChI=1S/C38H50N4O2/c1-3-5-7-9-11-19-27-41-33-23-15-13-21-31(33)39-37(41)29-43-35-25-17-18-26-36(35)44-30-38-40-32-22-14-16-24-34(32)42(38)28-20-12-10-8-6-4-2/h13-18,21-26H,3-12,19-20,27-30H2,1-2H3. The van der Waals surface area contributed by atoms with E-state index >= 15 is 0 Å². The molecular formula is C38H50N4O2. The van der Waals surface area contributed by atoms with Gasteiger partial charge in [-0.05, 0) is 49.2 Å². The number of rotatable bonds is 20. The number of hydrogen-bond acceptors (Lipinski definition) is 4. The monoisotopic (exact) mass is 594 g/mol. The summed E-state index contributed by atoms with van der Waals surface area (Å²) in [5.74, 6) is 3.36. The number of unbranched alkanes of at least 4 members (excludes halogenated alkanes) is 10. The van der Waals surface area contributed by atoms with Crippen LogP contribution in [0.15, 0.2) is 72.8 Å². The minimum Gasteiger partial charge on any atom is -0.482 e. The average molecular weight is 595 g/mol. The first-order valence-corrected chi connectivity index (χ1v) is 17.0. The van der Waals surface area contributed by atoms with Crippen LogP contribution >= 0.6 is 0 Å². The first-order valence-electron chi connectivity index (χ1n) is 17.0. The second kappa shape index (κ2) is 16.9. The van der Waals surface area contributed by atoms with Gasteiger partial charge in [0.2, 0.25) is 0 Å². The van der Waals surface area contributed by atoms with E-state index in [1.54, 1.807) is 0 Å². The molecule has 0 aliphatic carbocycles. The quantitative estimate of drug-likeness (QED) is 0.0841. The topological polar surface area (TPSA) is 54.1 Å². The van der Waals surface area contributed by atoms with Crippen molar-refractivity contribution in [3.8, 4) is 11.5 Å². The highest BCUT2D eigenvalue weighted by Gasteiger charge is 2.15. The Hall–Kier alpha value is -3.80. The van der Waals surface area contributed by atoms with Gasteiger partial charge in [-0.3, -0.25) is 0 Å². The van der Waals surface area contributed by atoms with E-state index in [2.05, 4.69) is 71.5 Å². The minimum absolute atomic E-state index is 0.390. The highest BCUT2D eigenvalue weighted by atomic mass is 16.5. The van der Waals surface area contributed by atoms with Gasteiger partial charge in [-0.15, -0.1) is 0 Å². The Balaban J connectivity index is 1.25. The Labute approximate surface area is 263 Å². The highest BCUT2D eigenvalue weighted by molar-refractivity contribution is 5.76. The van der Waals surface area contributed by atoms with Gasteiger partial charge in [-0.25, -0.2) is 9.97 Å². The maximum atomic E-state index is 6.41. The molecule has 2 aromatic heterocycles. The van der Waals surface area contributed by atoms with Gasteiger partial charge in [0.1, 0.15) is 24.9 Å². The summed E-state index contributed by atoms with van der Waals surface area (Å²) in [5, 5.41) is 0. The molecule has 5 rings (SSSR count). The fourth-order valence-electron chi connectivity index (χ4n) is 6.04. The van der Waals surface area contributed by atoms with Gasteiger partial charge in [0.25, 0.3) is 0 Å². The van der Waals surface area contributed by atoms with Gasteiger partial charge in [-0.2, -0.15) is 0 Å². The molecule has 0 atom stereocenters. The Morgan fingerprint density at radius 1 is 0.477 bits per heavy atom. The fourth-order valence-corrected chi connectivity index (χ4v) is 6.04. The van der Waals surface area contributed by atoms with Gasteiger partial charge in [-0.1, -0.05) is 114 Å². The lowest BCUT2D eigenvalue weighted by Gasteiger charge is -2.15. The van der Waals surface area contributed by atoms with Crippen LogP contribution < -0.4 is 9.47 Å². The molecule has 2 heterocycles. The summed E-state index contributed by atoms with van der Waals surface area (Å²) in [5.41, 5.74) is 4.39. The van der Waals surface area contributed by atoms with Crippen LogP contribution in [0.3, 0.4) is 0 Å². The number of hydrogen-bond donors (Lipinski definition) is 0. The van der Waals surface area contributed by atoms with Crippen LogP contribution in [0.25, 0.3) is 22.1 Å². The molecule has 0 N–H and O–H groups in total. The summed E-state index contributed by atoms with van der Waals surface area (Å²) in [7, 11) is 0. The summed E-state index contributed by atoms with van der Waals surface area (Å²) in [4.78, 5) is 9.90. The highest BCUT2D eigenvalue weighted by Crippen LogP contribution is 2.29.